The third kappa shape index (κ3) is 4.25. The molecule has 0 fully saturated rings. The Labute approximate surface area is 178 Å². The Hall–Kier alpha value is -4.14. The number of carbonyl (C=O) groups excluding carboxylic acids is 1. The first kappa shape index (κ1) is 20.1. The van der Waals surface area contributed by atoms with Gasteiger partial charge in [-0.1, -0.05) is 36.4 Å². The molecule has 1 N–H and O–H groups in total. The molecule has 0 aliphatic carbocycles. The van der Waals surface area contributed by atoms with Gasteiger partial charge in [-0.2, -0.15) is 4.52 Å². The minimum absolute atomic E-state index is 0.227. The molecule has 0 radical (unpaired) electrons. The maximum Gasteiger partial charge on any atom is 0.258 e. The van der Waals surface area contributed by atoms with Crippen molar-refractivity contribution in [3.8, 4) is 28.8 Å². The SMILES string of the molecule is COc1cccc(OC)c1C(=O)NCCOc1ccc2nnc(-c3ccccc3)n2n1. The lowest BCUT2D eigenvalue weighted by Crippen LogP contribution is -2.29. The zero-order chi connectivity index (χ0) is 21.6. The number of carbonyl (C=O) groups is 1. The molecule has 2 aromatic heterocycles. The van der Waals surface area contributed by atoms with Gasteiger partial charge >= 0.3 is 0 Å². The van der Waals surface area contributed by atoms with E-state index < -0.39 is 0 Å². The molecule has 2 aromatic carbocycles. The van der Waals surface area contributed by atoms with Crippen LogP contribution in [0.25, 0.3) is 17.0 Å². The zero-order valence-electron chi connectivity index (χ0n) is 17.1. The number of hydrogen-bond acceptors (Lipinski definition) is 7. The predicted octanol–water partition coefficient (Wildman–Crippen LogP) is 2.62. The highest BCUT2D eigenvalue weighted by atomic mass is 16.5. The lowest BCUT2D eigenvalue weighted by atomic mass is 10.1. The second-order valence-electron chi connectivity index (χ2n) is 6.47. The highest BCUT2D eigenvalue weighted by Crippen LogP contribution is 2.27. The summed E-state index contributed by atoms with van der Waals surface area (Å²) in [5.74, 6) is 1.58. The van der Waals surface area contributed by atoms with Crippen molar-refractivity contribution in [2.45, 2.75) is 0 Å². The van der Waals surface area contributed by atoms with Gasteiger partial charge in [-0.15, -0.1) is 15.3 Å². The van der Waals surface area contributed by atoms with Gasteiger partial charge in [0.05, 0.1) is 20.8 Å². The number of fused-ring (bicyclic) bond motifs is 1. The molecule has 0 aliphatic rings. The number of ether oxygens (including phenoxy) is 3. The third-order valence-electron chi connectivity index (χ3n) is 4.56. The fourth-order valence-corrected chi connectivity index (χ4v) is 3.10. The molecule has 0 aliphatic heterocycles. The lowest BCUT2D eigenvalue weighted by molar-refractivity contribution is 0.0940. The first-order valence-electron chi connectivity index (χ1n) is 9.61. The van der Waals surface area contributed by atoms with Gasteiger partial charge in [0, 0.05) is 11.6 Å². The van der Waals surface area contributed by atoms with Crippen LogP contribution in [-0.2, 0) is 0 Å². The van der Waals surface area contributed by atoms with Crippen molar-refractivity contribution in [2.24, 2.45) is 0 Å². The van der Waals surface area contributed by atoms with Crippen LogP contribution in [0, 0.1) is 0 Å². The topological polar surface area (TPSA) is 99.9 Å². The van der Waals surface area contributed by atoms with E-state index in [0.29, 0.717) is 34.4 Å². The van der Waals surface area contributed by atoms with Crippen LogP contribution >= 0.6 is 0 Å². The molecule has 4 aromatic rings. The maximum atomic E-state index is 12.6. The summed E-state index contributed by atoms with van der Waals surface area (Å²) in [7, 11) is 3.01. The van der Waals surface area contributed by atoms with Gasteiger partial charge in [0.25, 0.3) is 5.91 Å². The summed E-state index contributed by atoms with van der Waals surface area (Å²) in [6.07, 6.45) is 0. The molecule has 0 saturated heterocycles. The van der Waals surface area contributed by atoms with E-state index in [1.54, 1.807) is 34.8 Å². The second kappa shape index (κ2) is 9.12. The van der Waals surface area contributed by atoms with E-state index in [-0.39, 0.29) is 19.1 Å². The van der Waals surface area contributed by atoms with Crippen molar-refractivity contribution >= 4 is 11.6 Å². The van der Waals surface area contributed by atoms with Crippen LogP contribution < -0.4 is 19.5 Å². The van der Waals surface area contributed by atoms with Gasteiger partial charge in [-0.3, -0.25) is 4.79 Å². The Bertz CT molecular complexity index is 1170. The summed E-state index contributed by atoms with van der Waals surface area (Å²) in [6, 6.07) is 18.3. The molecule has 0 bridgehead atoms. The summed E-state index contributed by atoms with van der Waals surface area (Å²) in [4.78, 5) is 12.6. The standard InChI is InChI=1S/C22H21N5O4/c1-29-16-9-6-10-17(30-2)20(16)22(28)23-13-14-31-19-12-11-18-24-25-21(27(18)26-19)15-7-4-3-5-8-15/h3-12H,13-14H2,1-2H3,(H,23,28). The quantitative estimate of drug-likeness (QED) is 0.438. The van der Waals surface area contributed by atoms with Crippen LogP contribution in [0.15, 0.2) is 60.7 Å². The number of aromatic nitrogens is 4. The summed E-state index contributed by atoms with van der Waals surface area (Å²) in [6.45, 7) is 0.498. The molecule has 9 nitrogen and oxygen atoms in total. The fourth-order valence-electron chi connectivity index (χ4n) is 3.10. The number of hydrogen-bond donors (Lipinski definition) is 1. The normalized spacial score (nSPS) is 10.6. The van der Waals surface area contributed by atoms with E-state index in [4.69, 9.17) is 14.2 Å². The van der Waals surface area contributed by atoms with Crippen LogP contribution in [-0.4, -0.2) is 53.1 Å². The van der Waals surface area contributed by atoms with Crippen LogP contribution in [0.4, 0.5) is 0 Å². The Morgan fingerprint density at radius 1 is 0.935 bits per heavy atom. The zero-order valence-corrected chi connectivity index (χ0v) is 17.1. The summed E-state index contributed by atoms with van der Waals surface area (Å²) in [5.41, 5.74) is 1.85. The molecule has 158 valence electrons. The van der Waals surface area contributed by atoms with Crippen molar-refractivity contribution in [3.05, 3.63) is 66.2 Å². The molecule has 1 amide bonds. The molecular weight excluding hydrogens is 398 g/mol. The van der Waals surface area contributed by atoms with Gasteiger partial charge in [0.2, 0.25) is 5.88 Å². The monoisotopic (exact) mass is 419 g/mol. The first-order chi connectivity index (χ1) is 15.2. The van der Waals surface area contributed by atoms with Crippen LogP contribution in [0.1, 0.15) is 10.4 Å². The van der Waals surface area contributed by atoms with Crippen molar-refractivity contribution in [2.75, 3.05) is 27.4 Å². The number of nitrogens with one attached hydrogen (secondary N) is 1. The summed E-state index contributed by atoms with van der Waals surface area (Å²) >= 11 is 0. The average molecular weight is 419 g/mol. The number of benzene rings is 2. The lowest BCUT2D eigenvalue weighted by Gasteiger charge is -2.13. The van der Waals surface area contributed by atoms with Crippen molar-refractivity contribution in [1.82, 2.24) is 25.1 Å². The largest absolute Gasteiger partial charge is 0.496 e. The highest BCUT2D eigenvalue weighted by molar-refractivity contribution is 5.99. The second-order valence-corrected chi connectivity index (χ2v) is 6.47. The summed E-state index contributed by atoms with van der Waals surface area (Å²) < 4.78 is 17.9. The van der Waals surface area contributed by atoms with Crippen molar-refractivity contribution in [1.29, 1.82) is 0 Å². The number of nitrogens with zero attached hydrogens (tertiary/aromatic N) is 4. The van der Waals surface area contributed by atoms with E-state index in [9.17, 15) is 4.79 Å². The minimum atomic E-state index is -0.313. The van der Waals surface area contributed by atoms with Gasteiger partial charge in [-0.05, 0) is 18.2 Å². The Morgan fingerprint density at radius 2 is 1.68 bits per heavy atom. The highest BCUT2D eigenvalue weighted by Gasteiger charge is 2.17. The molecule has 0 saturated carbocycles. The van der Waals surface area contributed by atoms with E-state index in [1.165, 1.54) is 14.2 Å². The maximum absolute atomic E-state index is 12.6. The molecule has 31 heavy (non-hydrogen) atoms. The van der Waals surface area contributed by atoms with E-state index in [1.807, 2.05) is 30.3 Å². The molecule has 0 spiro atoms. The minimum Gasteiger partial charge on any atom is -0.496 e. The predicted molar refractivity (Wildman–Crippen MR) is 114 cm³/mol. The Kier molecular flexibility index (Phi) is 5.93. The van der Waals surface area contributed by atoms with E-state index >= 15 is 0 Å². The first-order valence-corrected chi connectivity index (χ1v) is 9.61. The van der Waals surface area contributed by atoms with Crippen molar-refractivity contribution in [3.63, 3.8) is 0 Å². The number of rotatable bonds is 8. The average Bonchev–Trinajstić information content (AvgIpc) is 3.25. The van der Waals surface area contributed by atoms with Crippen LogP contribution in [0.2, 0.25) is 0 Å². The number of amides is 1. The molecule has 2 heterocycles. The molecule has 0 atom stereocenters. The van der Waals surface area contributed by atoms with Gasteiger partial charge in [-0.25, -0.2) is 0 Å². The smallest absolute Gasteiger partial charge is 0.258 e. The molecular formula is C22H21N5O4. The Balaban J connectivity index is 1.41. The molecule has 9 heteroatoms. The van der Waals surface area contributed by atoms with Crippen LogP contribution in [0.5, 0.6) is 17.4 Å². The van der Waals surface area contributed by atoms with Gasteiger partial charge in [0.1, 0.15) is 23.7 Å². The van der Waals surface area contributed by atoms with E-state index in [0.717, 1.165) is 5.56 Å². The summed E-state index contributed by atoms with van der Waals surface area (Å²) in [5, 5.41) is 15.6. The van der Waals surface area contributed by atoms with Gasteiger partial charge in [0.15, 0.2) is 11.5 Å². The molecule has 4 rings (SSSR count). The van der Waals surface area contributed by atoms with Crippen LogP contribution in [0.3, 0.4) is 0 Å². The van der Waals surface area contributed by atoms with Gasteiger partial charge < -0.3 is 19.5 Å². The molecule has 0 unspecified atom stereocenters. The van der Waals surface area contributed by atoms with Crippen molar-refractivity contribution < 1.29 is 19.0 Å². The number of methoxy groups -OCH3 is 2. The fraction of sp³-hybridized carbons (Fsp3) is 0.182. The van der Waals surface area contributed by atoms with E-state index in [2.05, 4.69) is 20.6 Å². The Morgan fingerprint density at radius 3 is 2.39 bits per heavy atom. The third-order valence-corrected chi connectivity index (χ3v) is 4.56.